The van der Waals surface area contributed by atoms with Gasteiger partial charge in [-0.05, 0) is 30.9 Å². The van der Waals surface area contributed by atoms with Crippen LogP contribution in [0.25, 0.3) is 0 Å². The van der Waals surface area contributed by atoms with Crippen LogP contribution in [0, 0.1) is 5.92 Å². The molecule has 2 aliphatic heterocycles. The van der Waals surface area contributed by atoms with E-state index in [0.29, 0.717) is 26.1 Å². The minimum Gasteiger partial charge on any atom is -0.395 e. The molecule has 2 aliphatic rings. The number of rotatable bonds is 4. The van der Waals surface area contributed by atoms with Crippen molar-refractivity contribution < 1.29 is 33.6 Å². The molecule has 0 radical (unpaired) electrons. The SMILES string of the molecule is OC[C@@H]1[C@@H](O)[C@H](O)[C@@H](O)CN1C[C@@H]1CCCN(c2ncccc2C(F)(F)F)C1. The van der Waals surface area contributed by atoms with Crippen LogP contribution in [0.5, 0.6) is 0 Å². The van der Waals surface area contributed by atoms with Crippen molar-refractivity contribution in [2.75, 3.05) is 37.7 Å². The van der Waals surface area contributed by atoms with Crippen molar-refractivity contribution in [2.45, 2.75) is 43.4 Å². The summed E-state index contributed by atoms with van der Waals surface area (Å²) in [6.45, 7) is 0.890. The maximum atomic E-state index is 13.3. The number of aliphatic hydroxyl groups excluding tert-OH is 4. The molecule has 0 spiro atoms. The average Bonchev–Trinajstić information content (AvgIpc) is 2.66. The van der Waals surface area contributed by atoms with Gasteiger partial charge in [0.25, 0.3) is 0 Å². The zero-order valence-electron chi connectivity index (χ0n) is 15.3. The lowest BCUT2D eigenvalue weighted by Gasteiger charge is -2.45. The smallest absolute Gasteiger partial charge is 0.395 e. The molecule has 7 nitrogen and oxygen atoms in total. The molecule has 3 rings (SSSR count). The van der Waals surface area contributed by atoms with Gasteiger partial charge in [0.05, 0.1) is 24.3 Å². The summed E-state index contributed by atoms with van der Waals surface area (Å²) in [7, 11) is 0. The van der Waals surface area contributed by atoms with Gasteiger partial charge < -0.3 is 25.3 Å². The van der Waals surface area contributed by atoms with Crippen molar-refractivity contribution in [2.24, 2.45) is 5.92 Å². The van der Waals surface area contributed by atoms with Crippen molar-refractivity contribution in [1.82, 2.24) is 9.88 Å². The number of hydrogen-bond acceptors (Lipinski definition) is 7. The Balaban J connectivity index is 1.72. The second-order valence-corrected chi connectivity index (χ2v) is 7.58. The summed E-state index contributed by atoms with van der Waals surface area (Å²) in [5.41, 5.74) is -0.768. The fraction of sp³-hybridized carbons (Fsp3) is 0.722. The molecule has 2 fully saturated rings. The lowest BCUT2D eigenvalue weighted by atomic mass is 9.91. The Labute approximate surface area is 161 Å². The van der Waals surface area contributed by atoms with E-state index in [0.717, 1.165) is 12.5 Å². The van der Waals surface area contributed by atoms with E-state index < -0.39 is 36.1 Å². The van der Waals surface area contributed by atoms with E-state index in [1.807, 2.05) is 0 Å². The second-order valence-electron chi connectivity index (χ2n) is 7.58. The summed E-state index contributed by atoms with van der Waals surface area (Å²) >= 11 is 0. The highest BCUT2D eigenvalue weighted by molar-refractivity contribution is 5.48. The van der Waals surface area contributed by atoms with E-state index in [2.05, 4.69) is 4.98 Å². The Morgan fingerprint density at radius 1 is 1.14 bits per heavy atom. The van der Waals surface area contributed by atoms with Crippen LogP contribution in [0.15, 0.2) is 18.3 Å². The van der Waals surface area contributed by atoms with Crippen LogP contribution in [0.3, 0.4) is 0 Å². The predicted octanol–water partition coefficient (Wildman–Crippen LogP) is 0.0760. The highest BCUT2D eigenvalue weighted by Gasteiger charge is 2.42. The van der Waals surface area contributed by atoms with Crippen molar-refractivity contribution in [3.8, 4) is 0 Å². The largest absolute Gasteiger partial charge is 0.419 e. The molecule has 0 aromatic carbocycles. The normalized spacial score (nSPS) is 32.5. The van der Waals surface area contributed by atoms with Crippen LogP contribution < -0.4 is 4.90 Å². The maximum absolute atomic E-state index is 13.3. The summed E-state index contributed by atoms with van der Waals surface area (Å²) < 4.78 is 39.9. The highest BCUT2D eigenvalue weighted by atomic mass is 19.4. The monoisotopic (exact) mass is 405 g/mol. The van der Waals surface area contributed by atoms with Gasteiger partial charge in [-0.15, -0.1) is 0 Å². The van der Waals surface area contributed by atoms with Crippen LogP contribution in [0.1, 0.15) is 18.4 Å². The molecule has 2 saturated heterocycles. The number of anilines is 1. The number of likely N-dealkylation sites (tertiary alicyclic amines) is 1. The molecule has 3 heterocycles. The third kappa shape index (κ3) is 4.41. The minimum absolute atomic E-state index is 0.0273. The fourth-order valence-electron chi connectivity index (χ4n) is 4.20. The third-order valence-electron chi connectivity index (χ3n) is 5.62. The van der Waals surface area contributed by atoms with Crippen LogP contribution in [-0.4, -0.2) is 87.4 Å². The van der Waals surface area contributed by atoms with Gasteiger partial charge in [0.1, 0.15) is 18.0 Å². The number of hydrogen-bond donors (Lipinski definition) is 4. The van der Waals surface area contributed by atoms with E-state index in [1.165, 1.54) is 12.3 Å². The molecule has 1 aromatic heterocycles. The molecule has 0 bridgehead atoms. The van der Waals surface area contributed by atoms with Crippen LogP contribution in [0.4, 0.5) is 19.0 Å². The van der Waals surface area contributed by atoms with Gasteiger partial charge in [-0.3, -0.25) is 4.90 Å². The van der Waals surface area contributed by atoms with E-state index in [-0.39, 0.29) is 24.9 Å². The maximum Gasteiger partial charge on any atom is 0.419 e. The lowest BCUT2D eigenvalue weighted by molar-refractivity contribution is -0.147. The number of aromatic nitrogens is 1. The number of alkyl halides is 3. The molecule has 5 atom stereocenters. The molecule has 0 unspecified atom stereocenters. The summed E-state index contributed by atoms with van der Waals surface area (Å²) in [5, 5.41) is 39.4. The van der Waals surface area contributed by atoms with Crippen LogP contribution in [0.2, 0.25) is 0 Å². The Kier molecular flexibility index (Phi) is 6.45. The first-order valence-electron chi connectivity index (χ1n) is 9.38. The summed E-state index contributed by atoms with van der Waals surface area (Å²) in [6, 6.07) is 1.56. The predicted molar refractivity (Wildman–Crippen MR) is 94.6 cm³/mol. The fourth-order valence-corrected chi connectivity index (χ4v) is 4.20. The molecular weight excluding hydrogens is 379 g/mol. The van der Waals surface area contributed by atoms with Gasteiger partial charge in [0, 0.05) is 32.4 Å². The first kappa shape index (κ1) is 21.3. The molecule has 4 N–H and O–H groups in total. The van der Waals surface area contributed by atoms with Crippen molar-refractivity contribution in [3.63, 3.8) is 0 Å². The molecular formula is C18H26F3N3O4. The van der Waals surface area contributed by atoms with Gasteiger partial charge in [0.15, 0.2) is 0 Å². The number of β-amino-alcohol motifs (C(OH)–C–C–N with tert-alkyl or cyclic N) is 1. The van der Waals surface area contributed by atoms with Crippen molar-refractivity contribution in [3.05, 3.63) is 23.9 Å². The number of pyridine rings is 1. The highest BCUT2D eigenvalue weighted by Crippen LogP contribution is 2.36. The van der Waals surface area contributed by atoms with Gasteiger partial charge in [-0.2, -0.15) is 13.2 Å². The standard InChI is InChI=1S/C18H26F3N3O4/c19-18(20,21)12-4-1-5-22-17(12)23-6-2-3-11(7-23)8-24-9-14(26)16(28)15(27)13(24)10-25/h1,4-5,11,13-16,25-28H,2-3,6-10H2/t11-,13-,14+,15-,16-/m1/s1. The van der Waals surface area contributed by atoms with E-state index in [9.17, 15) is 33.6 Å². The van der Waals surface area contributed by atoms with Crippen molar-refractivity contribution in [1.29, 1.82) is 0 Å². The second kappa shape index (κ2) is 8.50. The summed E-state index contributed by atoms with van der Waals surface area (Å²) in [4.78, 5) is 7.28. The third-order valence-corrected chi connectivity index (χ3v) is 5.62. The van der Waals surface area contributed by atoms with Gasteiger partial charge in [0.2, 0.25) is 0 Å². The molecule has 0 amide bonds. The summed E-state index contributed by atoms with van der Waals surface area (Å²) in [5.74, 6) is -0.118. The van der Waals surface area contributed by atoms with E-state index in [1.54, 1.807) is 9.80 Å². The molecule has 0 saturated carbocycles. The number of halogens is 3. The topological polar surface area (TPSA) is 100 Å². The van der Waals surface area contributed by atoms with Crippen LogP contribution >= 0.6 is 0 Å². The molecule has 28 heavy (non-hydrogen) atoms. The first-order valence-corrected chi connectivity index (χ1v) is 9.38. The zero-order chi connectivity index (χ0) is 20.5. The van der Waals surface area contributed by atoms with E-state index in [4.69, 9.17) is 0 Å². The summed E-state index contributed by atoms with van der Waals surface area (Å²) in [6.07, 6.45) is -5.46. The zero-order valence-corrected chi connectivity index (χ0v) is 15.3. The quantitative estimate of drug-likeness (QED) is 0.563. The van der Waals surface area contributed by atoms with Crippen molar-refractivity contribution >= 4 is 5.82 Å². The number of aliphatic hydroxyl groups is 4. The Hall–Kier alpha value is -1.46. The average molecular weight is 405 g/mol. The molecule has 0 aliphatic carbocycles. The first-order chi connectivity index (χ1) is 13.2. The number of nitrogens with zero attached hydrogens (tertiary/aromatic N) is 3. The number of piperidine rings is 2. The Morgan fingerprint density at radius 3 is 2.57 bits per heavy atom. The molecule has 1 aromatic rings. The van der Waals surface area contributed by atoms with Gasteiger partial charge >= 0.3 is 6.18 Å². The molecule has 158 valence electrons. The Morgan fingerprint density at radius 2 is 1.89 bits per heavy atom. The Bertz CT molecular complexity index is 663. The van der Waals surface area contributed by atoms with Crippen LogP contribution in [-0.2, 0) is 6.18 Å². The van der Waals surface area contributed by atoms with Gasteiger partial charge in [-0.25, -0.2) is 4.98 Å². The van der Waals surface area contributed by atoms with E-state index >= 15 is 0 Å². The minimum atomic E-state index is -4.49. The molecule has 10 heteroatoms. The lowest BCUT2D eigenvalue weighted by Crippen LogP contribution is -2.63. The van der Waals surface area contributed by atoms with Gasteiger partial charge in [-0.1, -0.05) is 0 Å².